The first-order chi connectivity index (χ1) is 9.10. The molecular formula is C12H16N4O3. The van der Waals surface area contributed by atoms with Gasteiger partial charge in [-0.1, -0.05) is 17.2 Å². The summed E-state index contributed by atoms with van der Waals surface area (Å²) in [5.41, 5.74) is 9.65. The number of hydrogen-bond donors (Lipinski definition) is 2. The standard InChI is InChI=1S/C12H16N4O3/c1-8-7-9(3-4-10(8)19-2)11(12(17)18)14-5-6-15-16-13/h3-4,7,11,14H,5-6H2,1-2H3,(H,17,18). The lowest BCUT2D eigenvalue weighted by Crippen LogP contribution is -2.30. The molecule has 0 aromatic heterocycles. The molecule has 0 heterocycles. The highest BCUT2D eigenvalue weighted by Crippen LogP contribution is 2.22. The first kappa shape index (κ1) is 14.8. The molecule has 2 N–H and O–H groups in total. The Morgan fingerprint density at radius 3 is 2.89 bits per heavy atom. The van der Waals surface area contributed by atoms with E-state index >= 15 is 0 Å². The van der Waals surface area contributed by atoms with Gasteiger partial charge in [0.1, 0.15) is 11.8 Å². The van der Waals surface area contributed by atoms with Gasteiger partial charge in [-0.2, -0.15) is 0 Å². The number of carbonyl (C=O) groups is 1. The molecule has 0 aliphatic heterocycles. The van der Waals surface area contributed by atoms with Gasteiger partial charge in [0.2, 0.25) is 0 Å². The molecular weight excluding hydrogens is 248 g/mol. The van der Waals surface area contributed by atoms with Crippen LogP contribution in [0.5, 0.6) is 5.75 Å². The van der Waals surface area contributed by atoms with Crippen LogP contribution in [0.15, 0.2) is 23.3 Å². The fourth-order valence-electron chi connectivity index (χ4n) is 1.73. The number of benzene rings is 1. The Hall–Kier alpha value is -2.24. The highest BCUT2D eigenvalue weighted by molar-refractivity contribution is 5.75. The zero-order chi connectivity index (χ0) is 14.3. The monoisotopic (exact) mass is 264 g/mol. The van der Waals surface area contributed by atoms with Crippen molar-refractivity contribution in [3.63, 3.8) is 0 Å². The summed E-state index contributed by atoms with van der Waals surface area (Å²) in [6.07, 6.45) is 0. The number of aliphatic carboxylic acids is 1. The van der Waals surface area contributed by atoms with Crippen molar-refractivity contribution in [3.8, 4) is 5.75 Å². The average molecular weight is 264 g/mol. The highest BCUT2D eigenvalue weighted by atomic mass is 16.5. The van der Waals surface area contributed by atoms with E-state index in [2.05, 4.69) is 15.3 Å². The van der Waals surface area contributed by atoms with E-state index in [-0.39, 0.29) is 6.54 Å². The number of hydrogen-bond acceptors (Lipinski definition) is 4. The zero-order valence-corrected chi connectivity index (χ0v) is 10.8. The van der Waals surface area contributed by atoms with E-state index in [1.54, 1.807) is 25.3 Å². The predicted octanol–water partition coefficient (Wildman–Crippen LogP) is 2.03. The molecule has 0 saturated heterocycles. The normalized spacial score (nSPS) is 11.5. The van der Waals surface area contributed by atoms with Crippen molar-refractivity contribution in [1.82, 2.24) is 5.32 Å². The van der Waals surface area contributed by atoms with Crippen LogP contribution in [0.3, 0.4) is 0 Å². The molecule has 1 aromatic rings. The Labute approximate surface area is 110 Å². The lowest BCUT2D eigenvalue weighted by molar-refractivity contribution is -0.139. The van der Waals surface area contributed by atoms with Crippen molar-refractivity contribution < 1.29 is 14.6 Å². The molecule has 7 nitrogen and oxygen atoms in total. The number of carboxylic acids is 1. The van der Waals surface area contributed by atoms with Gasteiger partial charge in [0.15, 0.2) is 0 Å². The number of azide groups is 1. The number of ether oxygens (including phenoxy) is 1. The number of aryl methyl sites for hydroxylation is 1. The molecule has 7 heteroatoms. The van der Waals surface area contributed by atoms with Crippen LogP contribution in [0.1, 0.15) is 17.2 Å². The zero-order valence-electron chi connectivity index (χ0n) is 10.8. The van der Waals surface area contributed by atoms with E-state index in [1.165, 1.54) is 0 Å². The summed E-state index contributed by atoms with van der Waals surface area (Å²) in [4.78, 5) is 13.8. The first-order valence-corrected chi connectivity index (χ1v) is 5.71. The second kappa shape index (κ2) is 7.25. The molecule has 1 rings (SSSR count). The van der Waals surface area contributed by atoms with E-state index in [0.29, 0.717) is 17.9 Å². The van der Waals surface area contributed by atoms with Crippen molar-refractivity contribution in [2.45, 2.75) is 13.0 Å². The van der Waals surface area contributed by atoms with E-state index < -0.39 is 12.0 Å². The Morgan fingerprint density at radius 1 is 1.63 bits per heavy atom. The van der Waals surface area contributed by atoms with E-state index in [4.69, 9.17) is 10.3 Å². The molecule has 0 fully saturated rings. The van der Waals surface area contributed by atoms with E-state index in [9.17, 15) is 9.90 Å². The largest absolute Gasteiger partial charge is 0.496 e. The molecule has 1 atom stereocenters. The van der Waals surface area contributed by atoms with Gasteiger partial charge in [0, 0.05) is 18.0 Å². The van der Waals surface area contributed by atoms with Crippen LogP contribution >= 0.6 is 0 Å². The van der Waals surface area contributed by atoms with Crippen molar-refractivity contribution in [2.75, 3.05) is 20.2 Å². The maximum atomic E-state index is 11.2. The molecule has 1 unspecified atom stereocenters. The molecule has 1 aromatic carbocycles. The number of nitrogens with zero attached hydrogens (tertiary/aromatic N) is 3. The molecule has 0 spiro atoms. The minimum atomic E-state index is -0.981. The summed E-state index contributed by atoms with van der Waals surface area (Å²) in [6, 6.07) is 4.36. The molecule has 0 radical (unpaired) electrons. The van der Waals surface area contributed by atoms with Gasteiger partial charge in [-0.05, 0) is 29.6 Å². The van der Waals surface area contributed by atoms with Crippen LogP contribution in [0.4, 0.5) is 0 Å². The molecule has 0 amide bonds. The minimum Gasteiger partial charge on any atom is -0.496 e. The van der Waals surface area contributed by atoms with Gasteiger partial charge >= 0.3 is 5.97 Å². The van der Waals surface area contributed by atoms with Crippen LogP contribution in [-0.4, -0.2) is 31.3 Å². The van der Waals surface area contributed by atoms with Crippen molar-refractivity contribution >= 4 is 5.97 Å². The summed E-state index contributed by atoms with van der Waals surface area (Å²) in [6.45, 7) is 2.35. The van der Waals surface area contributed by atoms with Crippen molar-refractivity contribution in [3.05, 3.63) is 39.8 Å². The third-order valence-corrected chi connectivity index (χ3v) is 2.62. The first-order valence-electron chi connectivity index (χ1n) is 5.71. The highest BCUT2D eigenvalue weighted by Gasteiger charge is 2.19. The third kappa shape index (κ3) is 4.17. The van der Waals surface area contributed by atoms with Crippen LogP contribution in [0.2, 0.25) is 0 Å². The fourth-order valence-corrected chi connectivity index (χ4v) is 1.73. The third-order valence-electron chi connectivity index (χ3n) is 2.62. The predicted molar refractivity (Wildman–Crippen MR) is 70.1 cm³/mol. The quantitative estimate of drug-likeness (QED) is 0.340. The Kier molecular flexibility index (Phi) is 5.66. The average Bonchev–Trinajstić information content (AvgIpc) is 2.38. The van der Waals surface area contributed by atoms with Gasteiger partial charge in [-0.15, -0.1) is 0 Å². The summed E-state index contributed by atoms with van der Waals surface area (Å²) >= 11 is 0. The Balaban J connectivity index is 2.83. The van der Waals surface area contributed by atoms with Gasteiger partial charge in [0.05, 0.1) is 7.11 Å². The van der Waals surface area contributed by atoms with E-state index in [0.717, 1.165) is 5.56 Å². The van der Waals surface area contributed by atoms with Gasteiger partial charge in [-0.25, -0.2) is 0 Å². The maximum absolute atomic E-state index is 11.2. The van der Waals surface area contributed by atoms with Crippen LogP contribution < -0.4 is 10.1 Å². The molecule has 102 valence electrons. The van der Waals surface area contributed by atoms with E-state index in [1.807, 2.05) is 6.92 Å². The number of methoxy groups -OCH3 is 1. The summed E-state index contributed by atoms with van der Waals surface area (Å²) in [7, 11) is 1.56. The fraction of sp³-hybridized carbons (Fsp3) is 0.417. The van der Waals surface area contributed by atoms with Crippen LogP contribution in [0.25, 0.3) is 10.4 Å². The summed E-state index contributed by atoms with van der Waals surface area (Å²) in [5.74, 6) is -0.271. The minimum absolute atomic E-state index is 0.204. The van der Waals surface area contributed by atoms with Gasteiger partial charge < -0.3 is 15.2 Å². The molecule has 19 heavy (non-hydrogen) atoms. The number of carboxylic acid groups (broad SMARTS) is 1. The summed E-state index contributed by atoms with van der Waals surface area (Å²) < 4.78 is 5.13. The summed E-state index contributed by atoms with van der Waals surface area (Å²) in [5, 5.41) is 15.4. The van der Waals surface area contributed by atoms with Crippen LogP contribution in [0, 0.1) is 6.92 Å². The van der Waals surface area contributed by atoms with Gasteiger partial charge in [-0.3, -0.25) is 4.79 Å². The SMILES string of the molecule is COc1ccc(C(NCCN=[N+]=[N-])C(=O)O)cc1C. The number of nitrogens with one attached hydrogen (secondary N) is 1. The van der Waals surface area contributed by atoms with Crippen molar-refractivity contribution in [1.29, 1.82) is 0 Å². The lowest BCUT2D eigenvalue weighted by atomic mass is 10.0. The lowest BCUT2D eigenvalue weighted by Gasteiger charge is -2.15. The Bertz CT molecular complexity index is 498. The number of rotatable bonds is 7. The molecule has 0 bridgehead atoms. The second-order valence-electron chi connectivity index (χ2n) is 3.91. The van der Waals surface area contributed by atoms with Crippen LogP contribution in [-0.2, 0) is 4.79 Å². The van der Waals surface area contributed by atoms with Gasteiger partial charge in [0.25, 0.3) is 0 Å². The molecule has 0 aliphatic carbocycles. The maximum Gasteiger partial charge on any atom is 0.325 e. The van der Waals surface area contributed by atoms with Crippen molar-refractivity contribution in [2.24, 2.45) is 5.11 Å². The molecule has 0 aliphatic rings. The topological polar surface area (TPSA) is 107 Å². The molecule has 0 saturated carbocycles. The Morgan fingerprint density at radius 2 is 2.37 bits per heavy atom. The second-order valence-corrected chi connectivity index (χ2v) is 3.91. The smallest absolute Gasteiger partial charge is 0.325 e.